The minimum absolute atomic E-state index is 0.191. The Balaban J connectivity index is 2.90. The SMILES string of the molecule is CC(=O)OCCCCCNCCNCCN. The van der Waals surface area contributed by atoms with E-state index in [1.54, 1.807) is 0 Å². The lowest BCUT2D eigenvalue weighted by Gasteiger charge is -2.05. The van der Waals surface area contributed by atoms with E-state index in [4.69, 9.17) is 10.5 Å². The standard InChI is InChI=1S/C11H25N3O2/c1-11(15)16-10-4-2-3-6-13-8-9-14-7-5-12/h13-14H,2-10,12H2,1H3. The van der Waals surface area contributed by atoms with Crippen LogP contribution in [0, 0.1) is 0 Å². The number of nitrogens with two attached hydrogens (primary N) is 1. The molecule has 0 radical (unpaired) electrons. The van der Waals surface area contributed by atoms with Gasteiger partial charge in [-0.15, -0.1) is 0 Å². The van der Waals surface area contributed by atoms with Crippen molar-refractivity contribution in [1.82, 2.24) is 10.6 Å². The quantitative estimate of drug-likeness (QED) is 0.341. The molecule has 0 aromatic heterocycles. The maximum atomic E-state index is 10.5. The Bertz CT molecular complexity index is 165. The lowest BCUT2D eigenvalue weighted by molar-refractivity contribution is -0.141. The van der Waals surface area contributed by atoms with Crippen molar-refractivity contribution in [2.75, 3.05) is 39.3 Å². The summed E-state index contributed by atoms with van der Waals surface area (Å²) < 4.78 is 4.83. The van der Waals surface area contributed by atoms with E-state index in [1.807, 2.05) is 0 Å². The van der Waals surface area contributed by atoms with Gasteiger partial charge in [0.2, 0.25) is 0 Å². The summed E-state index contributed by atoms with van der Waals surface area (Å²) >= 11 is 0. The van der Waals surface area contributed by atoms with Crippen LogP contribution in [0.4, 0.5) is 0 Å². The van der Waals surface area contributed by atoms with Crippen molar-refractivity contribution in [2.24, 2.45) is 5.73 Å². The third-order valence-electron chi connectivity index (χ3n) is 2.10. The highest BCUT2D eigenvalue weighted by Gasteiger charge is 1.93. The van der Waals surface area contributed by atoms with Crippen molar-refractivity contribution in [3.63, 3.8) is 0 Å². The maximum absolute atomic E-state index is 10.5. The molecule has 0 rings (SSSR count). The average molecular weight is 231 g/mol. The van der Waals surface area contributed by atoms with Crippen LogP contribution in [0.1, 0.15) is 26.2 Å². The first-order valence-corrected chi connectivity index (χ1v) is 6.02. The van der Waals surface area contributed by atoms with Gasteiger partial charge >= 0.3 is 5.97 Å². The van der Waals surface area contributed by atoms with Gasteiger partial charge in [-0.05, 0) is 25.8 Å². The van der Waals surface area contributed by atoms with Crippen molar-refractivity contribution >= 4 is 5.97 Å². The third kappa shape index (κ3) is 13.4. The van der Waals surface area contributed by atoms with E-state index in [0.29, 0.717) is 13.2 Å². The molecule has 5 nitrogen and oxygen atoms in total. The number of carbonyl (C=O) groups is 1. The van der Waals surface area contributed by atoms with Crippen LogP contribution in [0.2, 0.25) is 0 Å². The van der Waals surface area contributed by atoms with Crippen LogP contribution in [0.5, 0.6) is 0 Å². The van der Waals surface area contributed by atoms with E-state index in [9.17, 15) is 4.79 Å². The number of hydrogen-bond acceptors (Lipinski definition) is 5. The van der Waals surface area contributed by atoms with Crippen molar-refractivity contribution in [3.8, 4) is 0 Å². The molecule has 5 heteroatoms. The lowest BCUT2D eigenvalue weighted by Crippen LogP contribution is -2.31. The number of rotatable bonds is 11. The molecule has 0 amide bonds. The fourth-order valence-corrected chi connectivity index (χ4v) is 1.27. The smallest absolute Gasteiger partial charge is 0.302 e. The Morgan fingerprint density at radius 1 is 1.06 bits per heavy atom. The molecule has 0 unspecified atom stereocenters. The maximum Gasteiger partial charge on any atom is 0.302 e. The molecule has 0 aromatic carbocycles. The van der Waals surface area contributed by atoms with Crippen LogP contribution in [-0.2, 0) is 9.53 Å². The summed E-state index contributed by atoms with van der Waals surface area (Å²) in [6, 6.07) is 0. The van der Waals surface area contributed by atoms with E-state index in [0.717, 1.165) is 45.4 Å². The molecule has 0 bridgehead atoms. The zero-order chi connectivity index (χ0) is 12.1. The first kappa shape index (κ1) is 15.3. The molecule has 0 aromatic rings. The summed E-state index contributed by atoms with van der Waals surface area (Å²) in [7, 11) is 0. The molecule has 0 aliphatic rings. The van der Waals surface area contributed by atoms with Gasteiger partial charge < -0.3 is 21.1 Å². The molecule has 4 N–H and O–H groups in total. The molecule has 0 aliphatic carbocycles. The second kappa shape index (κ2) is 12.4. The van der Waals surface area contributed by atoms with E-state index >= 15 is 0 Å². The number of nitrogens with one attached hydrogen (secondary N) is 2. The van der Waals surface area contributed by atoms with Crippen molar-refractivity contribution < 1.29 is 9.53 Å². The van der Waals surface area contributed by atoms with Crippen LogP contribution in [-0.4, -0.2) is 45.3 Å². The highest BCUT2D eigenvalue weighted by atomic mass is 16.5. The topological polar surface area (TPSA) is 76.4 Å². The van der Waals surface area contributed by atoms with Gasteiger partial charge in [0.1, 0.15) is 0 Å². The summed E-state index contributed by atoms with van der Waals surface area (Å²) in [6.45, 7) is 6.52. The predicted octanol–water partition coefficient (Wildman–Crippen LogP) is -0.142. The van der Waals surface area contributed by atoms with Gasteiger partial charge in [-0.1, -0.05) is 0 Å². The lowest BCUT2D eigenvalue weighted by atomic mass is 10.2. The molecule has 0 saturated heterocycles. The number of carbonyl (C=O) groups excluding carboxylic acids is 1. The van der Waals surface area contributed by atoms with E-state index in [-0.39, 0.29) is 5.97 Å². The molecule has 96 valence electrons. The van der Waals surface area contributed by atoms with Crippen LogP contribution in [0.3, 0.4) is 0 Å². The zero-order valence-corrected chi connectivity index (χ0v) is 10.3. The van der Waals surface area contributed by atoms with Gasteiger partial charge in [0.05, 0.1) is 6.61 Å². The number of unbranched alkanes of at least 4 members (excludes halogenated alkanes) is 2. The Morgan fingerprint density at radius 2 is 1.75 bits per heavy atom. The van der Waals surface area contributed by atoms with E-state index in [2.05, 4.69) is 10.6 Å². The van der Waals surface area contributed by atoms with Gasteiger partial charge in [0, 0.05) is 33.1 Å². The van der Waals surface area contributed by atoms with Crippen molar-refractivity contribution in [1.29, 1.82) is 0 Å². The first-order chi connectivity index (χ1) is 7.77. The Kier molecular flexibility index (Phi) is 11.9. The summed E-state index contributed by atoms with van der Waals surface area (Å²) in [6.07, 6.45) is 3.17. The third-order valence-corrected chi connectivity index (χ3v) is 2.10. The zero-order valence-electron chi connectivity index (χ0n) is 10.3. The number of esters is 1. The monoisotopic (exact) mass is 231 g/mol. The van der Waals surface area contributed by atoms with Gasteiger partial charge in [-0.2, -0.15) is 0 Å². The van der Waals surface area contributed by atoms with Gasteiger partial charge in [0.15, 0.2) is 0 Å². The first-order valence-electron chi connectivity index (χ1n) is 6.02. The van der Waals surface area contributed by atoms with Crippen molar-refractivity contribution in [3.05, 3.63) is 0 Å². The molecular weight excluding hydrogens is 206 g/mol. The summed E-state index contributed by atoms with van der Waals surface area (Å²) in [5, 5.41) is 6.55. The highest BCUT2D eigenvalue weighted by Crippen LogP contribution is 1.94. The second-order valence-corrected chi connectivity index (χ2v) is 3.69. The van der Waals surface area contributed by atoms with E-state index in [1.165, 1.54) is 6.92 Å². The fourth-order valence-electron chi connectivity index (χ4n) is 1.27. The van der Waals surface area contributed by atoms with Crippen molar-refractivity contribution in [2.45, 2.75) is 26.2 Å². The minimum atomic E-state index is -0.191. The highest BCUT2D eigenvalue weighted by molar-refractivity contribution is 5.65. The number of ether oxygens (including phenoxy) is 1. The van der Waals surface area contributed by atoms with Gasteiger partial charge in [-0.25, -0.2) is 0 Å². The minimum Gasteiger partial charge on any atom is -0.466 e. The molecule has 0 saturated carbocycles. The molecule has 16 heavy (non-hydrogen) atoms. The summed E-state index contributed by atoms with van der Waals surface area (Å²) in [4.78, 5) is 10.5. The molecule has 0 fully saturated rings. The second-order valence-electron chi connectivity index (χ2n) is 3.69. The molecule has 0 aliphatic heterocycles. The van der Waals surface area contributed by atoms with Gasteiger partial charge in [0.25, 0.3) is 0 Å². The van der Waals surface area contributed by atoms with Crippen LogP contribution in [0.25, 0.3) is 0 Å². The number of hydrogen-bond donors (Lipinski definition) is 3. The largest absolute Gasteiger partial charge is 0.466 e. The Labute approximate surface area is 98.1 Å². The Morgan fingerprint density at radius 3 is 2.38 bits per heavy atom. The van der Waals surface area contributed by atoms with Crippen LogP contribution in [0.15, 0.2) is 0 Å². The molecular formula is C11H25N3O2. The van der Waals surface area contributed by atoms with Gasteiger partial charge in [-0.3, -0.25) is 4.79 Å². The average Bonchev–Trinajstić information content (AvgIpc) is 2.25. The fraction of sp³-hybridized carbons (Fsp3) is 0.909. The normalized spacial score (nSPS) is 10.4. The van der Waals surface area contributed by atoms with Crippen LogP contribution >= 0.6 is 0 Å². The molecule has 0 atom stereocenters. The molecule has 0 heterocycles. The van der Waals surface area contributed by atoms with E-state index < -0.39 is 0 Å². The molecule has 0 spiro atoms. The predicted molar refractivity (Wildman–Crippen MR) is 65.3 cm³/mol. The van der Waals surface area contributed by atoms with Crippen LogP contribution < -0.4 is 16.4 Å². The Hall–Kier alpha value is -0.650. The summed E-state index contributed by atoms with van der Waals surface area (Å²) in [5.41, 5.74) is 5.34. The summed E-state index contributed by atoms with van der Waals surface area (Å²) in [5.74, 6) is -0.191.